The van der Waals surface area contributed by atoms with Crippen LogP contribution in [-0.4, -0.2) is 53.9 Å². The molecule has 0 saturated carbocycles. The molecule has 0 unspecified atom stereocenters. The van der Waals surface area contributed by atoms with Crippen LogP contribution in [0.2, 0.25) is 0 Å². The Bertz CT molecular complexity index is 222. The maximum absolute atomic E-state index is 10.8. The van der Waals surface area contributed by atoms with Gasteiger partial charge in [-0.2, -0.15) is 0 Å². The molecule has 0 aromatic rings. The lowest BCUT2D eigenvalue weighted by Gasteiger charge is -2.39. The van der Waals surface area contributed by atoms with Gasteiger partial charge >= 0.3 is 0 Å². The SMILES string of the molecule is CO[C@H]1O[C@H](C(N)=O)[C@@H](O)[C@H](O)[C@H]1N. The third kappa shape index (κ3) is 1.86. The average Bonchev–Trinajstić information content (AvgIpc) is 2.14. The largest absolute Gasteiger partial charge is 0.388 e. The second-order valence-corrected chi connectivity index (χ2v) is 3.12. The van der Waals surface area contributed by atoms with Crippen molar-refractivity contribution in [2.45, 2.75) is 30.6 Å². The van der Waals surface area contributed by atoms with Crippen LogP contribution < -0.4 is 11.5 Å². The topological polar surface area (TPSA) is 128 Å². The van der Waals surface area contributed by atoms with Gasteiger partial charge in [-0.05, 0) is 0 Å². The molecule has 1 rings (SSSR count). The number of hydrogen-bond donors (Lipinski definition) is 4. The van der Waals surface area contributed by atoms with E-state index in [0.717, 1.165) is 0 Å². The van der Waals surface area contributed by atoms with E-state index in [0.29, 0.717) is 0 Å². The van der Waals surface area contributed by atoms with Crippen molar-refractivity contribution in [1.29, 1.82) is 0 Å². The highest BCUT2D eigenvalue weighted by Gasteiger charge is 2.45. The Morgan fingerprint density at radius 2 is 2.00 bits per heavy atom. The van der Waals surface area contributed by atoms with Crippen LogP contribution >= 0.6 is 0 Å². The zero-order valence-corrected chi connectivity index (χ0v) is 7.66. The van der Waals surface area contributed by atoms with Crippen LogP contribution in [0.4, 0.5) is 0 Å². The van der Waals surface area contributed by atoms with E-state index in [2.05, 4.69) is 0 Å². The zero-order valence-electron chi connectivity index (χ0n) is 7.66. The minimum absolute atomic E-state index is 0.870. The third-order valence-corrected chi connectivity index (χ3v) is 2.16. The van der Waals surface area contributed by atoms with Crippen LogP contribution in [-0.2, 0) is 14.3 Å². The molecule has 1 aliphatic heterocycles. The predicted octanol–water partition coefficient (Wildman–Crippen LogP) is -3.11. The summed E-state index contributed by atoms with van der Waals surface area (Å²) < 4.78 is 9.74. The van der Waals surface area contributed by atoms with Gasteiger partial charge in [0.1, 0.15) is 12.2 Å². The summed E-state index contributed by atoms with van der Waals surface area (Å²) in [5.41, 5.74) is 10.4. The molecular weight excluding hydrogens is 192 g/mol. The second kappa shape index (κ2) is 4.20. The number of methoxy groups -OCH3 is 1. The van der Waals surface area contributed by atoms with Gasteiger partial charge < -0.3 is 31.2 Å². The Hall–Kier alpha value is -0.730. The van der Waals surface area contributed by atoms with Gasteiger partial charge in [0, 0.05) is 7.11 Å². The number of amides is 1. The molecule has 0 spiro atoms. The summed E-state index contributed by atoms with van der Waals surface area (Å²) in [6, 6.07) is -0.911. The van der Waals surface area contributed by atoms with Gasteiger partial charge in [0.2, 0.25) is 5.91 Å². The number of aliphatic hydroxyl groups excluding tert-OH is 2. The summed E-state index contributed by atoms with van der Waals surface area (Å²) >= 11 is 0. The number of carbonyl (C=O) groups is 1. The third-order valence-electron chi connectivity index (χ3n) is 2.16. The molecule has 6 N–H and O–H groups in total. The van der Waals surface area contributed by atoms with E-state index in [1.165, 1.54) is 7.11 Å². The Kier molecular flexibility index (Phi) is 3.40. The second-order valence-electron chi connectivity index (χ2n) is 3.12. The van der Waals surface area contributed by atoms with Crippen LogP contribution in [0.3, 0.4) is 0 Å². The molecule has 1 saturated heterocycles. The van der Waals surface area contributed by atoms with Crippen LogP contribution in [0, 0.1) is 0 Å². The molecule has 0 aromatic heterocycles. The fraction of sp³-hybridized carbons (Fsp3) is 0.857. The highest BCUT2D eigenvalue weighted by atomic mass is 16.7. The van der Waals surface area contributed by atoms with Gasteiger partial charge in [-0.3, -0.25) is 4.79 Å². The van der Waals surface area contributed by atoms with Gasteiger partial charge in [0.15, 0.2) is 12.4 Å². The Morgan fingerprint density at radius 1 is 1.43 bits per heavy atom. The van der Waals surface area contributed by atoms with Crippen LogP contribution in [0.25, 0.3) is 0 Å². The fourth-order valence-electron chi connectivity index (χ4n) is 1.33. The van der Waals surface area contributed by atoms with Gasteiger partial charge in [0.05, 0.1) is 6.04 Å². The fourth-order valence-corrected chi connectivity index (χ4v) is 1.33. The first kappa shape index (κ1) is 11.3. The number of aliphatic hydroxyl groups is 2. The van der Waals surface area contributed by atoms with Crippen LogP contribution in [0.15, 0.2) is 0 Å². The maximum Gasteiger partial charge on any atom is 0.249 e. The number of carbonyl (C=O) groups excluding carboxylic acids is 1. The van der Waals surface area contributed by atoms with Crippen molar-refractivity contribution in [3.63, 3.8) is 0 Å². The van der Waals surface area contributed by atoms with Crippen molar-refractivity contribution in [2.75, 3.05) is 7.11 Å². The molecule has 1 amide bonds. The molecule has 0 bridgehead atoms. The van der Waals surface area contributed by atoms with Crippen LogP contribution in [0.1, 0.15) is 0 Å². The number of rotatable bonds is 2. The first-order valence-corrected chi connectivity index (χ1v) is 4.08. The lowest BCUT2D eigenvalue weighted by atomic mass is 9.97. The van der Waals surface area contributed by atoms with Gasteiger partial charge in [0.25, 0.3) is 0 Å². The van der Waals surface area contributed by atoms with Gasteiger partial charge in [-0.1, -0.05) is 0 Å². The maximum atomic E-state index is 10.8. The van der Waals surface area contributed by atoms with E-state index in [-0.39, 0.29) is 0 Å². The summed E-state index contributed by atoms with van der Waals surface area (Å²) in [5, 5.41) is 18.8. The highest BCUT2D eigenvalue weighted by Crippen LogP contribution is 2.19. The first-order chi connectivity index (χ1) is 6.49. The van der Waals surface area contributed by atoms with E-state index in [1.54, 1.807) is 0 Å². The summed E-state index contributed by atoms with van der Waals surface area (Å²) in [6.45, 7) is 0. The smallest absolute Gasteiger partial charge is 0.249 e. The molecule has 14 heavy (non-hydrogen) atoms. The minimum Gasteiger partial charge on any atom is -0.388 e. The standard InChI is InChI=1S/C7H14N2O5/c1-13-7-2(8)3(10)4(11)5(14-7)6(9)12/h2-5,7,10-11H,8H2,1H3,(H2,9,12)/t2-,3-,4+,5+,7+/m1/s1. The van der Waals surface area contributed by atoms with Crippen molar-refractivity contribution in [1.82, 2.24) is 0 Å². The summed E-state index contributed by atoms with van der Waals surface area (Å²) in [4.78, 5) is 10.8. The number of nitrogens with two attached hydrogens (primary N) is 2. The molecule has 0 radical (unpaired) electrons. The first-order valence-electron chi connectivity index (χ1n) is 4.08. The van der Waals surface area contributed by atoms with Gasteiger partial charge in [-0.25, -0.2) is 0 Å². The van der Waals surface area contributed by atoms with Crippen molar-refractivity contribution in [3.8, 4) is 0 Å². The quantitative estimate of drug-likeness (QED) is 0.378. The number of ether oxygens (including phenoxy) is 2. The molecule has 1 aliphatic rings. The molecule has 7 nitrogen and oxygen atoms in total. The summed E-state index contributed by atoms with van der Waals surface area (Å²) in [7, 11) is 1.31. The molecule has 82 valence electrons. The van der Waals surface area contributed by atoms with E-state index in [1.807, 2.05) is 0 Å². The Morgan fingerprint density at radius 3 is 2.43 bits per heavy atom. The van der Waals surface area contributed by atoms with E-state index >= 15 is 0 Å². The number of hydrogen-bond acceptors (Lipinski definition) is 6. The van der Waals surface area contributed by atoms with Gasteiger partial charge in [-0.15, -0.1) is 0 Å². The van der Waals surface area contributed by atoms with Crippen molar-refractivity contribution >= 4 is 5.91 Å². The van der Waals surface area contributed by atoms with E-state index < -0.39 is 36.6 Å². The Labute approximate surface area is 80.6 Å². The van der Waals surface area contributed by atoms with Crippen LogP contribution in [0.5, 0.6) is 0 Å². The zero-order chi connectivity index (χ0) is 10.9. The number of primary amides is 1. The molecule has 5 atom stereocenters. The molecule has 0 aromatic carbocycles. The monoisotopic (exact) mass is 206 g/mol. The van der Waals surface area contributed by atoms with E-state index in [9.17, 15) is 15.0 Å². The predicted molar refractivity (Wildman–Crippen MR) is 44.9 cm³/mol. The lowest BCUT2D eigenvalue weighted by Crippen LogP contribution is -2.64. The summed E-state index contributed by atoms with van der Waals surface area (Å²) in [5.74, 6) is -0.870. The molecule has 7 heteroatoms. The molecule has 1 heterocycles. The molecule has 1 fully saturated rings. The van der Waals surface area contributed by atoms with E-state index in [4.69, 9.17) is 20.9 Å². The highest BCUT2D eigenvalue weighted by molar-refractivity contribution is 5.79. The normalized spacial score (nSPS) is 43.6. The molecule has 0 aliphatic carbocycles. The molecular formula is C7H14N2O5. The Balaban J connectivity index is 2.78. The average molecular weight is 206 g/mol. The minimum atomic E-state index is -1.42. The lowest BCUT2D eigenvalue weighted by molar-refractivity contribution is -0.246. The van der Waals surface area contributed by atoms with Crippen molar-refractivity contribution < 1.29 is 24.5 Å². The van der Waals surface area contributed by atoms with Crippen molar-refractivity contribution in [3.05, 3.63) is 0 Å². The van der Waals surface area contributed by atoms with Crippen molar-refractivity contribution in [2.24, 2.45) is 11.5 Å². The summed E-state index contributed by atoms with van der Waals surface area (Å²) in [6.07, 6.45) is -4.97.